The van der Waals surface area contributed by atoms with E-state index in [0.29, 0.717) is 6.54 Å². The van der Waals surface area contributed by atoms with E-state index in [1.807, 2.05) is 13.8 Å². The fourth-order valence-electron chi connectivity index (χ4n) is 0.964. The first-order valence-corrected chi connectivity index (χ1v) is 5.01. The van der Waals surface area contributed by atoms with Gasteiger partial charge in [0.1, 0.15) is 10.0 Å². The van der Waals surface area contributed by atoms with Crippen molar-refractivity contribution < 1.29 is 5.11 Å². The Morgan fingerprint density at radius 3 is 2.54 bits per heavy atom. The molecule has 0 radical (unpaired) electrons. The van der Waals surface area contributed by atoms with E-state index < -0.39 is 11.5 Å². The van der Waals surface area contributed by atoms with Crippen molar-refractivity contribution in [3.05, 3.63) is 10.0 Å². The first-order chi connectivity index (χ1) is 6.00. The van der Waals surface area contributed by atoms with Crippen LogP contribution < -0.4 is 5.73 Å². The Bertz CT molecular complexity index is 287. The lowest BCUT2D eigenvalue weighted by Crippen LogP contribution is -2.41. The maximum Gasteiger partial charge on any atom is 0.127 e. The Morgan fingerprint density at radius 1 is 1.62 bits per heavy atom. The summed E-state index contributed by atoms with van der Waals surface area (Å²) in [6, 6.07) is 0. The molecule has 13 heavy (non-hydrogen) atoms. The van der Waals surface area contributed by atoms with E-state index in [0.717, 1.165) is 10.0 Å². The quantitative estimate of drug-likeness (QED) is 0.744. The number of nitrogens with two attached hydrogens (primary N) is 1. The third-order valence-corrected chi connectivity index (χ3v) is 3.48. The van der Waals surface area contributed by atoms with Crippen molar-refractivity contribution >= 4 is 11.3 Å². The molecule has 0 spiro atoms. The summed E-state index contributed by atoms with van der Waals surface area (Å²) >= 11 is 1.49. The van der Waals surface area contributed by atoms with Gasteiger partial charge >= 0.3 is 0 Å². The van der Waals surface area contributed by atoms with Gasteiger partial charge < -0.3 is 10.8 Å². The first-order valence-electron chi connectivity index (χ1n) is 4.19. The van der Waals surface area contributed by atoms with Crippen LogP contribution in [0, 0.1) is 6.92 Å². The molecule has 5 heteroatoms. The lowest BCUT2D eigenvalue weighted by molar-refractivity contribution is 0.111. The van der Waals surface area contributed by atoms with Crippen LogP contribution in [0.4, 0.5) is 0 Å². The van der Waals surface area contributed by atoms with Crippen molar-refractivity contribution in [2.24, 2.45) is 5.73 Å². The summed E-state index contributed by atoms with van der Waals surface area (Å²) in [6.45, 7) is 5.89. The highest BCUT2D eigenvalue weighted by Gasteiger charge is 2.34. The number of hydrogen-bond acceptors (Lipinski definition) is 5. The average Bonchev–Trinajstić information content (AvgIpc) is 2.50. The summed E-state index contributed by atoms with van der Waals surface area (Å²) < 4.78 is 0. The van der Waals surface area contributed by atoms with Gasteiger partial charge in [-0.1, -0.05) is 0 Å². The topological polar surface area (TPSA) is 72.0 Å². The molecule has 0 aliphatic heterocycles. The van der Waals surface area contributed by atoms with Gasteiger partial charge in [-0.3, -0.25) is 0 Å². The van der Waals surface area contributed by atoms with Gasteiger partial charge in [-0.2, -0.15) is 0 Å². The number of hydrogen-bond donors (Lipinski definition) is 2. The fraction of sp³-hybridized carbons (Fsp3) is 0.750. The molecule has 2 atom stereocenters. The minimum atomic E-state index is -0.509. The maximum atomic E-state index is 9.59. The second kappa shape index (κ2) is 3.69. The van der Waals surface area contributed by atoms with Gasteiger partial charge in [-0.15, -0.1) is 21.5 Å². The number of aryl methyl sites for hydroxylation is 1. The largest absolute Gasteiger partial charge is 0.392 e. The van der Waals surface area contributed by atoms with Crippen molar-refractivity contribution in [2.45, 2.75) is 32.3 Å². The molecule has 2 unspecified atom stereocenters. The minimum absolute atomic E-state index is 0.374. The summed E-state index contributed by atoms with van der Waals surface area (Å²) in [5, 5.41) is 19.2. The summed E-state index contributed by atoms with van der Waals surface area (Å²) in [6.07, 6.45) is -0.509. The van der Waals surface area contributed by atoms with Gasteiger partial charge in [-0.25, -0.2) is 0 Å². The third kappa shape index (κ3) is 1.87. The molecule has 1 aromatic heterocycles. The lowest BCUT2D eigenvalue weighted by atomic mass is 9.86. The van der Waals surface area contributed by atoms with Crippen molar-refractivity contribution in [3.63, 3.8) is 0 Å². The van der Waals surface area contributed by atoms with Crippen molar-refractivity contribution in [3.8, 4) is 0 Å². The van der Waals surface area contributed by atoms with Gasteiger partial charge in [0, 0.05) is 6.54 Å². The fourth-order valence-corrected chi connectivity index (χ4v) is 1.89. The van der Waals surface area contributed by atoms with Crippen LogP contribution in [0.1, 0.15) is 23.9 Å². The van der Waals surface area contributed by atoms with Gasteiger partial charge in [0.25, 0.3) is 0 Å². The molecule has 3 N–H and O–H groups in total. The molecule has 1 aromatic rings. The molecular weight excluding hydrogens is 186 g/mol. The summed E-state index contributed by atoms with van der Waals surface area (Å²) in [4.78, 5) is 0. The number of nitrogens with zero attached hydrogens (tertiary/aromatic N) is 2. The Morgan fingerprint density at radius 2 is 2.23 bits per heavy atom. The van der Waals surface area contributed by atoms with Crippen LogP contribution in [-0.4, -0.2) is 28.0 Å². The van der Waals surface area contributed by atoms with Crippen LogP contribution in [0.15, 0.2) is 0 Å². The molecule has 0 aliphatic rings. The Balaban J connectivity index is 3.02. The van der Waals surface area contributed by atoms with E-state index in [1.165, 1.54) is 11.3 Å². The van der Waals surface area contributed by atoms with Crippen LogP contribution in [0.5, 0.6) is 0 Å². The van der Waals surface area contributed by atoms with Crippen molar-refractivity contribution in [2.75, 3.05) is 6.54 Å². The zero-order valence-electron chi connectivity index (χ0n) is 8.11. The molecule has 0 fully saturated rings. The summed E-state index contributed by atoms with van der Waals surface area (Å²) in [7, 11) is 0. The third-order valence-electron chi connectivity index (χ3n) is 2.36. The average molecular weight is 201 g/mol. The zero-order chi connectivity index (χ0) is 10.1. The van der Waals surface area contributed by atoms with Crippen LogP contribution in [0.3, 0.4) is 0 Å². The van der Waals surface area contributed by atoms with E-state index in [9.17, 15) is 5.11 Å². The number of aliphatic hydroxyl groups excluding tert-OH is 1. The lowest BCUT2D eigenvalue weighted by Gasteiger charge is -2.27. The van der Waals surface area contributed by atoms with E-state index in [1.54, 1.807) is 6.92 Å². The highest BCUT2D eigenvalue weighted by Crippen LogP contribution is 2.28. The van der Waals surface area contributed by atoms with Crippen molar-refractivity contribution in [1.82, 2.24) is 10.2 Å². The zero-order valence-corrected chi connectivity index (χ0v) is 8.93. The number of aromatic nitrogens is 2. The number of aliphatic hydroxyl groups is 1. The molecule has 74 valence electrons. The van der Waals surface area contributed by atoms with E-state index >= 15 is 0 Å². The van der Waals surface area contributed by atoms with Gasteiger partial charge in [0.15, 0.2) is 0 Å². The van der Waals surface area contributed by atoms with Crippen LogP contribution in [-0.2, 0) is 5.41 Å². The van der Waals surface area contributed by atoms with E-state index in [2.05, 4.69) is 10.2 Å². The Kier molecular flexibility index (Phi) is 3.00. The normalized spacial score (nSPS) is 18.2. The molecule has 1 rings (SSSR count). The first kappa shape index (κ1) is 10.6. The minimum Gasteiger partial charge on any atom is -0.392 e. The molecule has 0 saturated carbocycles. The SMILES string of the molecule is Cc1nnc(C(C)(CN)C(C)O)s1. The molecule has 1 heterocycles. The monoisotopic (exact) mass is 201 g/mol. The second-order valence-corrected chi connectivity index (χ2v) is 4.61. The molecule has 0 bridgehead atoms. The molecule has 0 saturated heterocycles. The molecule has 4 nitrogen and oxygen atoms in total. The van der Waals surface area contributed by atoms with Crippen LogP contribution in [0.2, 0.25) is 0 Å². The standard InChI is InChI=1S/C8H15N3OS/c1-5(12)8(3,4-9)7-11-10-6(2)13-7/h5,12H,4,9H2,1-3H3. The Labute approximate surface area is 81.8 Å². The highest BCUT2D eigenvalue weighted by atomic mass is 32.1. The van der Waals surface area contributed by atoms with Crippen LogP contribution in [0.25, 0.3) is 0 Å². The predicted molar refractivity (Wildman–Crippen MR) is 52.7 cm³/mol. The van der Waals surface area contributed by atoms with Gasteiger partial charge in [-0.05, 0) is 20.8 Å². The van der Waals surface area contributed by atoms with Crippen LogP contribution >= 0.6 is 11.3 Å². The summed E-state index contributed by atoms with van der Waals surface area (Å²) in [5.74, 6) is 0. The molecule has 0 aliphatic carbocycles. The molecular formula is C8H15N3OS. The second-order valence-electron chi connectivity index (χ2n) is 3.42. The van der Waals surface area contributed by atoms with E-state index in [-0.39, 0.29) is 0 Å². The summed E-state index contributed by atoms with van der Waals surface area (Å²) in [5.41, 5.74) is 5.16. The smallest absolute Gasteiger partial charge is 0.127 e. The van der Waals surface area contributed by atoms with Crippen molar-refractivity contribution in [1.29, 1.82) is 0 Å². The predicted octanol–water partition coefficient (Wildman–Crippen LogP) is 0.444. The highest BCUT2D eigenvalue weighted by molar-refractivity contribution is 7.11. The van der Waals surface area contributed by atoms with Gasteiger partial charge in [0.2, 0.25) is 0 Å². The van der Waals surface area contributed by atoms with E-state index in [4.69, 9.17) is 5.73 Å². The Hall–Kier alpha value is -0.520. The number of rotatable bonds is 3. The van der Waals surface area contributed by atoms with Gasteiger partial charge in [0.05, 0.1) is 11.5 Å². The molecule has 0 aromatic carbocycles. The maximum absolute atomic E-state index is 9.59. The molecule has 0 amide bonds.